The van der Waals surface area contributed by atoms with Crippen molar-refractivity contribution < 1.29 is 27.9 Å². The van der Waals surface area contributed by atoms with Crippen LogP contribution in [-0.2, 0) is 11.3 Å². The molecule has 182 valence electrons. The maximum Gasteiger partial charge on any atom is 0.291 e. The Morgan fingerprint density at radius 2 is 2.00 bits per heavy atom. The number of alkyl halides is 1. The molecule has 0 fully saturated rings. The highest BCUT2D eigenvalue weighted by Gasteiger charge is 2.30. The van der Waals surface area contributed by atoms with Gasteiger partial charge in [-0.15, -0.1) is 0 Å². The van der Waals surface area contributed by atoms with Crippen molar-refractivity contribution in [2.24, 2.45) is 11.0 Å². The van der Waals surface area contributed by atoms with Gasteiger partial charge in [0.15, 0.2) is 17.3 Å². The number of carbonyl (C=O) groups is 2. The molecule has 35 heavy (non-hydrogen) atoms. The SMILES string of the molecule is CCC1CC(=O)N(Cc2ccc(NC(=O)c3ccco3)cc2)N=C1c1ccc(OC)c(OCF)c1. The van der Waals surface area contributed by atoms with Crippen LogP contribution in [0, 0.1) is 5.92 Å². The van der Waals surface area contributed by atoms with Crippen molar-refractivity contribution in [2.45, 2.75) is 26.3 Å². The number of amides is 2. The van der Waals surface area contributed by atoms with Crippen molar-refractivity contribution >= 4 is 23.2 Å². The molecular weight excluding hydrogens is 453 g/mol. The predicted octanol–water partition coefficient (Wildman–Crippen LogP) is 5.01. The number of benzene rings is 2. The summed E-state index contributed by atoms with van der Waals surface area (Å²) >= 11 is 0. The van der Waals surface area contributed by atoms with Gasteiger partial charge in [0.05, 0.1) is 25.6 Å². The molecule has 0 radical (unpaired) electrons. The lowest BCUT2D eigenvalue weighted by molar-refractivity contribution is -0.133. The number of anilines is 1. The number of hydrogen-bond acceptors (Lipinski definition) is 6. The monoisotopic (exact) mass is 479 g/mol. The second-order valence-electron chi connectivity index (χ2n) is 7.99. The lowest BCUT2D eigenvalue weighted by Gasteiger charge is -2.29. The molecule has 2 aromatic carbocycles. The minimum atomic E-state index is -0.980. The summed E-state index contributed by atoms with van der Waals surface area (Å²) in [6.45, 7) is 1.29. The van der Waals surface area contributed by atoms with Crippen LogP contribution in [0.4, 0.5) is 10.1 Å². The van der Waals surface area contributed by atoms with Crippen LogP contribution in [0.1, 0.15) is 41.4 Å². The summed E-state index contributed by atoms with van der Waals surface area (Å²) in [4.78, 5) is 25.0. The molecule has 0 spiro atoms. The summed E-state index contributed by atoms with van der Waals surface area (Å²) in [5.41, 5.74) is 2.94. The highest BCUT2D eigenvalue weighted by Crippen LogP contribution is 2.32. The van der Waals surface area contributed by atoms with E-state index in [9.17, 15) is 14.0 Å². The van der Waals surface area contributed by atoms with Crippen molar-refractivity contribution in [3.8, 4) is 11.5 Å². The third-order valence-corrected chi connectivity index (χ3v) is 5.78. The van der Waals surface area contributed by atoms with Crippen molar-refractivity contribution in [2.75, 3.05) is 19.3 Å². The van der Waals surface area contributed by atoms with Gasteiger partial charge in [0.1, 0.15) is 0 Å². The highest BCUT2D eigenvalue weighted by molar-refractivity contribution is 6.06. The summed E-state index contributed by atoms with van der Waals surface area (Å²) in [7, 11) is 1.49. The first-order valence-corrected chi connectivity index (χ1v) is 11.2. The van der Waals surface area contributed by atoms with E-state index in [1.165, 1.54) is 18.4 Å². The van der Waals surface area contributed by atoms with E-state index in [4.69, 9.17) is 13.9 Å². The van der Waals surface area contributed by atoms with E-state index >= 15 is 0 Å². The second kappa shape index (κ2) is 10.9. The first-order valence-electron chi connectivity index (χ1n) is 11.2. The number of nitrogens with one attached hydrogen (secondary N) is 1. The van der Waals surface area contributed by atoms with Crippen LogP contribution in [0.25, 0.3) is 0 Å². The number of ether oxygens (including phenoxy) is 2. The van der Waals surface area contributed by atoms with Crippen LogP contribution in [0.15, 0.2) is 70.4 Å². The third-order valence-electron chi connectivity index (χ3n) is 5.78. The Hall–Kier alpha value is -4.14. The fourth-order valence-corrected chi connectivity index (χ4v) is 3.91. The van der Waals surface area contributed by atoms with Gasteiger partial charge < -0.3 is 19.2 Å². The number of methoxy groups -OCH3 is 1. The Balaban J connectivity index is 1.53. The van der Waals surface area contributed by atoms with Crippen molar-refractivity contribution in [3.63, 3.8) is 0 Å². The lowest BCUT2D eigenvalue weighted by Crippen LogP contribution is -2.36. The van der Waals surface area contributed by atoms with Crippen LogP contribution < -0.4 is 14.8 Å². The first kappa shape index (κ1) is 24.0. The standard InChI is InChI=1S/C26H26FN3O5/c1-3-18-14-24(31)30(29-25(18)19-8-11-21(33-2)23(13-19)35-16-27)15-17-6-9-20(10-7-17)28-26(32)22-5-4-12-34-22/h4-13,18H,3,14-16H2,1-2H3,(H,28,32). The fraction of sp³-hybridized carbons (Fsp3) is 0.269. The molecule has 3 aromatic rings. The summed E-state index contributed by atoms with van der Waals surface area (Å²) in [6.07, 6.45) is 2.48. The topological polar surface area (TPSA) is 93.4 Å². The first-order chi connectivity index (χ1) is 17.0. The molecule has 0 aliphatic carbocycles. The molecule has 0 saturated carbocycles. The number of carbonyl (C=O) groups excluding carboxylic acids is 2. The highest BCUT2D eigenvalue weighted by atomic mass is 19.1. The molecule has 4 rings (SSSR count). The van der Waals surface area contributed by atoms with Crippen molar-refractivity contribution in [1.29, 1.82) is 0 Å². The zero-order chi connectivity index (χ0) is 24.8. The Morgan fingerprint density at radius 1 is 1.20 bits per heavy atom. The van der Waals surface area contributed by atoms with E-state index in [-0.39, 0.29) is 35.8 Å². The lowest BCUT2D eigenvalue weighted by atomic mass is 9.89. The molecular formula is C26H26FN3O5. The average molecular weight is 480 g/mol. The Bertz CT molecular complexity index is 1210. The Kier molecular flexibility index (Phi) is 7.45. The Labute approximate surface area is 202 Å². The fourth-order valence-electron chi connectivity index (χ4n) is 3.91. The van der Waals surface area contributed by atoms with Gasteiger partial charge in [-0.1, -0.05) is 19.1 Å². The molecule has 1 aliphatic heterocycles. The maximum absolute atomic E-state index is 12.8. The van der Waals surface area contributed by atoms with Gasteiger partial charge in [-0.25, -0.2) is 9.40 Å². The molecule has 9 heteroatoms. The molecule has 1 aromatic heterocycles. The number of furan rings is 1. The summed E-state index contributed by atoms with van der Waals surface area (Å²) < 4.78 is 28.3. The normalized spacial score (nSPS) is 15.5. The van der Waals surface area contributed by atoms with E-state index in [0.717, 1.165) is 23.3 Å². The molecule has 8 nitrogen and oxygen atoms in total. The van der Waals surface area contributed by atoms with Crippen molar-refractivity contribution in [1.82, 2.24) is 5.01 Å². The van der Waals surface area contributed by atoms with Gasteiger partial charge in [-0.2, -0.15) is 5.10 Å². The van der Waals surface area contributed by atoms with Gasteiger partial charge in [-0.3, -0.25) is 9.59 Å². The molecule has 1 aliphatic rings. The van der Waals surface area contributed by atoms with E-state index in [1.807, 2.05) is 25.1 Å². The second-order valence-corrected chi connectivity index (χ2v) is 7.99. The number of rotatable bonds is 9. The quantitative estimate of drug-likeness (QED) is 0.466. The summed E-state index contributed by atoms with van der Waals surface area (Å²) in [6, 6.07) is 15.6. The van der Waals surface area contributed by atoms with Crippen LogP contribution in [-0.4, -0.2) is 36.5 Å². The molecule has 0 bridgehead atoms. The molecule has 1 atom stereocenters. The minimum Gasteiger partial charge on any atom is -0.493 e. The number of nitrogens with zero attached hydrogens (tertiary/aromatic N) is 2. The maximum atomic E-state index is 12.8. The molecule has 2 heterocycles. The summed E-state index contributed by atoms with van der Waals surface area (Å²) in [5.74, 6) is 0.432. The molecule has 0 saturated heterocycles. The van der Waals surface area contributed by atoms with Crippen molar-refractivity contribution in [3.05, 3.63) is 77.7 Å². The van der Waals surface area contributed by atoms with E-state index in [2.05, 4.69) is 10.4 Å². The third kappa shape index (κ3) is 5.51. The van der Waals surface area contributed by atoms with Gasteiger partial charge in [0.2, 0.25) is 12.8 Å². The van der Waals surface area contributed by atoms with E-state index in [0.29, 0.717) is 17.9 Å². The predicted molar refractivity (Wildman–Crippen MR) is 128 cm³/mol. The summed E-state index contributed by atoms with van der Waals surface area (Å²) in [5, 5.41) is 8.87. The van der Waals surface area contributed by atoms with E-state index < -0.39 is 6.86 Å². The van der Waals surface area contributed by atoms with E-state index in [1.54, 1.807) is 36.4 Å². The van der Waals surface area contributed by atoms with Crippen LogP contribution in [0.2, 0.25) is 0 Å². The smallest absolute Gasteiger partial charge is 0.291 e. The number of hydrogen-bond donors (Lipinski definition) is 1. The van der Waals surface area contributed by atoms with Crippen LogP contribution in [0.3, 0.4) is 0 Å². The number of hydrazone groups is 1. The van der Waals surface area contributed by atoms with Gasteiger partial charge >= 0.3 is 0 Å². The van der Waals surface area contributed by atoms with Gasteiger partial charge in [0.25, 0.3) is 5.91 Å². The Morgan fingerprint density at radius 3 is 2.66 bits per heavy atom. The minimum absolute atomic E-state index is 0.0652. The number of halogens is 1. The van der Waals surface area contributed by atoms with Gasteiger partial charge in [0, 0.05) is 23.6 Å². The van der Waals surface area contributed by atoms with Gasteiger partial charge in [-0.05, 0) is 54.4 Å². The zero-order valence-electron chi connectivity index (χ0n) is 19.5. The van der Waals surface area contributed by atoms with Crippen LogP contribution in [0.5, 0.6) is 11.5 Å². The zero-order valence-corrected chi connectivity index (χ0v) is 19.5. The van der Waals surface area contributed by atoms with Crippen LogP contribution >= 0.6 is 0 Å². The average Bonchev–Trinajstić information content (AvgIpc) is 3.42. The largest absolute Gasteiger partial charge is 0.493 e. The molecule has 1 unspecified atom stereocenters. The molecule has 1 N–H and O–H groups in total. The molecule has 2 amide bonds.